The molecule has 0 saturated carbocycles. The van der Waals surface area contributed by atoms with E-state index < -0.39 is 34.7 Å². The van der Waals surface area contributed by atoms with Crippen LogP contribution < -0.4 is 5.32 Å². The molecule has 2 rings (SSSR count). The van der Waals surface area contributed by atoms with Crippen molar-refractivity contribution in [2.45, 2.75) is 11.8 Å². The van der Waals surface area contributed by atoms with Crippen molar-refractivity contribution in [3.63, 3.8) is 0 Å². The van der Waals surface area contributed by atoms with Crippen molar-refractivity contribution in [1.82, 2.24) is 5.32 Å². The normalized spacial score (nSPS) is 13.7. The van der Waals surface area contributed by atoms with Crippen molar-refractivity contribution in [1.29, 1.82) is 0 Å². The number of halogens is 4. The Labute approximate surface area is 150 Å². The maximum atomic E-state index is 13.4. The first-order valence-electron chi connectivity index (χ1n) is 7.13. The molecule has 1 unspecified atom stereocenters. The van der Waals surface area contributed by atoms with Crippen LogP contribution >= 0.6 is 11.6 Å². The van der Waals surface area contributed by atoms with Gasteiger partial charge < -0.3 is 10.4 Å². The molecule has 0 bridgehead atoms. The van der Waals surface area contributed by atoms with Gasteiger partial charge in [-0.2, -0.15) is 13.2 Å². The van der Waals surface area contributed by atoms with Crippen LogP contribution in [0.1, 0.15) is 15.9 Å². The molecule has 6 nitrogen and oxygen atoms in total. The van der Waals surface area contributed by atoms with Crippen LogP contribution in [-0.2, 0) is 5.60 Å². The molecular weight excluding hydrogens is 377 g/mol. The Morgan fingerprint density at radius 2 is 1.81 bits per heavy atom. The maximum Gasteiger partial charge on any atom is 0.423 e. The zero-order valence-electron chi connectivity index (χ0n) is 13.0. The summed E-state index contributed by atoms with van der Waals surface area (Å²) in [7, 11) is 0. The highest BCUT2D eigenvalue weighted by Gasteiger charge is 2.55. The number of benzene rings is 2. The fraction of sp³-hybridized carbons (Fsp3) is 0.188. The van der Waals surface area contributed by atoms with E-state index in [2.05, 4.69) is 0 Å². The second-order valence-electron chi connectivity index (χ2n) is 5.33. The molecule has 1 atom stereocenters. The van der Waals surface area contributed by atoms with E-state index >= 15 is 0 Å². The van der Waals surface area contributed by atoms with Crippen LogP contribution in [0.3, 0.4) is 0 Å². The molecule has 0 radical (unpaired) electrons. The summed E-state index contributed by atoms with van der Waals surface area (Å²) in [6.45, 7) is -1.16. The van der Waals surface area contributed by atoms with Crippen molar-refractivity contribution in [3.8, 4) is 0 Å². The zero-order valence-corrected chi connectivity index (χ0v) is 13.7. The Balaban J connectivity index is 2.24. The number of aliphatic hydroxyl groups is 1. The molecule has 0 fully saturated rings. The fourth-order valence-electron chi connectivity index (χ4n) is 2.18. The number of nitro benzene ring substituents is 1. The van der Waals surface area contributed by atoms with E-state index in [0.29, 0.717) is 0 Å². The van der Waals surface area contributed by atoms with Gasteiger partial charge in [0, 0.05) is 12.1 Å². The molecule has 0 aliphatic heterocycles. The second-order valence-corrected chi connectivity index (χ2v) is 5.74. The van der Waals surface area contributed by atoms with Crippen molar-refractivity contribution in [2.75, 3.05) is 6.54 Å². The number of hydrogen-bond donors (Lipinski definition) is 2. The number of non-ortho nitro benzene ring substituents is 1. The van der Waals surface area contributed by atoms with Crippen LogP contribution in [-0.4, -0.2) is 28.7 Å². The third kappa shape index (κ3) is 3.94. The molecule has 10 heteroatoms. The molecule has 26 heavy (non-hydrogen) atoms. The van der Waals surface area contributed by atoms with E-state index in [1.165, 1.54) is 18.2 Å². The number of hydrogen-bond acceptors (Lipinski definition) is 4. The molecule has 0 aromatic heterocycles. The van der Waals surface area contributed by atoms with Gasteiger partial charge in [-0.25, -0.2) is 0 Å². The molecule has 0 heterocycles. The highest BCUT2D eigenvalue weighted by Crippen LogP contribution is 2.38. The first-order chi connectivity index (χ1) is 12.1. The van der Waals surface area contributed by atoms with Crippen LogP contribution in [0.15, 0.2) is 48.5 Å². The quantitative estimate of drug-likeness (QED) is 0.606. The molecule has 138 valence electrons. The van der Waals surface area contributed by atoms with Gasteiger partial charge in [0.05, 0.1) is 22.1 Å². The first-order valence-corrected chi connectivity index (χ1v) is 7.51. The van der Waals surface area contributed by atoms with Gasteiger partial charge in [-0.3, -0.25) is 14.9 Å². The summed E-state index contributed by atoms with van der Waals surface area (Å²) >= 11 is 5.78. The number of carbonyl (C=O) groups excluding carboxylic acids is 1. The number of nitrogens with one attached hydrogen (secondary N) is 1. The summed E-state index contributed by atoms with van der Waals surface area (Å²) in [6, 6.07) is 9.21. The molecule has 1 amide bonds. The van der Waals surface area contributed by atoms with Gasteiger partial charge in [0.2, 0.25) is 5.60 Å². The third-order valence-corrected chi connectivity index (χ3v) is 3.95. The van der Waals surface area contributed by atoms with Gasteiger partial charge >= 0.3 is 6.18 Å². The molecular formula is C16H12ClF3N2O4. The minimum atomic E-state index is -5.05. The maximum absolute atomic E-state index is 13.4. The van der Waals surface area contributed by atoms with Crippen LogP contribution in [0.5, 0.6) is 0 Å². The lowest BCUT2D eigenvalue weighted by Crippen LogP contribution is -2.51. The highest BCUT2D eigenvalue weighted by atomic mass is 35.5. The number of carbonyl (C=O) groups is 1. The van der Waals surface area contributed by atoms with Crippen molar-refractivity contribution >= 4 is 23.2 Å². The predicted octanol–water partition coefficient (Wildman–Crippen LogP) is 3.43. The lowest BCUT2D eigenvalue weighted by atomic mass is 9.93. The topological polar surface area (TPSA) is 92.5 Å². The minimum absolute atomic E-state index is 0.255. The predicted molar refractivity (Wildman–Crippen MR) is 86.8 cm³/mol. The minimum Gasteiger partial charge on any atom is -0.375 e. The van der Waals surface area contributed by atoms with Gasteiger partial charge in [-0.1, -0.05) is 41.9 Å². The second kappa shape index (κ2) is 7.30. The molecule has 2 aromatic carbocycles. The van der Waals surface area contributed by atoms with Gasteiger partial charge in [0.15, 0.2) is 0 Å². The van der Waals surface area contributed by atoms with Crippen molar-refractivity contribution in [3.05, 3.63) is 74.8 Å². The lowest BCUT2D eigenvalue weighted by Gasteiger charge is -2.31. The average molecular weight is 389 g/mol. The van der Waals surface area contributed by atoms with E-state index in [-0.39, 0.29) is 16.3 Å². The summed E-state index contributed by atoms with van der Waals surface area (Å²) < 4.78 is 40.1. The molecule has 0 aliphatic rings. The summed E-state index contributed by atoms with van der Waals surface area (Å²) in [4.78, 5) is 22.0. The number of nitrogens with zero attached hydrogens (tertiary/aromatic N) is 1. The van der Waals surface area contributed by atoms with Gasteiger partial charge in [-0.15, -0.1) is 0 Å². The summed E-state index contributed by atoms with van der Waals surface area (Å²) in [5, 5.41) is 22.5. The SMILES string of the molecule is O=C(NCC(O)(c1ccccc1)C(F)(F)F)c1ccc([N+](=O)[O-])cc1Cl. The zero-order chi connectivity index (χ0) is 19.5. The molecule has 2 N–H and O–H groups in total. The Hall–Kier alpha value is -2.65. The molecule has 0 aliphatic carbocycles. The summed E-state index contributed by atoms with van der Waals surface area (Å²) in [5.74, 6) is -1.01. The monoisotopic (exact) mass is 388 g/mol. The Morgan fingerprint density at radius 3 is 2.31 bits per heavy atom. The van der Waals surface area contributed by atoms with E-state index in [1.54, 1.807) is 0 Å². The molecule has 2 aromatic rings. The van der Waals surface area contributed by atoms with Gasteiger partial charge in [0.1, 0.15) is 0 Å². The van der Waals surface area contributed by atoms with Crippen LogP contribution in [0.2, 0.25) is 5.02 Å². The Morgan fingerprint density at radius 1 is 1.19 bits per heavy atom. The van der Waals surface area contributed by atoms with Crippen LogP contribution in [0.4, 0.5) is 18.9 Å². The lowest BCUT2D eigenvalue weighted by molar-refractivity contribution is -0.384. The average Bonchev–Trinajstić information content (AvgIpc) is 2.58. The Kier molecular flexibility index (Phi) is 5.53. The summed E-state index contributed by atoms with van der Waals surface area (Å²) in [6.07, 6.45) is -5.05. The van der Waals surface area contributed by atoms with Crippen LogP contribution in [0.25, 0.3) is 0 Å². The van der Waals surface area contributed by atoms with E-state index in [0.717, 1.165) is 30.3 Å². The molecule has 0 saturated heterocycles. The highest BCUT2D eigenvalue weighted by molar-refractivity contribution is 6.34. The largest absolute Gasteiger partial charge is 0.423 e. The summed E-state index contributed by atoms with van der Waals surface area (Å²) in [5.41, 5.74) is -4.38. The van der Waals surface area contributed by atoms with E-state index in [1.807, 2.05) is 5.32 Å². The van der Waals surface area contributed by atoms with E-state index in [4.69, 9.17) is 11.6 Å². The number of rotatable bonds is 5. The smallest absolute Gasteiger partial charge is 0.375 e. The van der Waals surface area contributed by atoms with Crippen molar-refractivity contribution < 1.29 is 28.0 Å². The number of alkyl halides is 3. The van der Waals surface area contributed by atoms with Crippen LogP contribution in [0, 0.1) is 10.1 Å². The Bertz CT molecular complexity index is 830. The first kappa shape index (κ1) is 19.7. The number of amides is 1. The molecule has 0 spiro atoms. The van der Waals surface area contributed by atoms with Gasteiger partial charge in [0.25, 0.3) is 11.6 Å². The van der Waals surface area contributed by atoms with E-state index in [9.17, 15) is 33.2 Å². The number of nitro groups is 1. The third-order valence-electron chi connectivity index (χ3n) is 3.63. The van der Waals surface area contributed by atoms with Gasteiger partial charge in [-0.05, 0) is 11.6 Å². The standard InChI is InChI=1S/C16H12ClF3N2O4/c17-13-8-11(22(25)26)6-7-12(13)14(23)21-9-15(24,16(18,19)20)10-4-2-1-3-5-10/h1-8,24H,9H2,(H,21,23). The van der Waals surface area contributed by atoms with Crippen molar-refractivity contribution in [2.24, 2.45) is 0 Å². The fourth-order valence-corrected chi connectivity index (χ4v) is 2.45.